The molecule has 0 aliphatic rings. The second-order valence-corrected chi connectivity index (χ2v) is 7.10. The summed E-state index contributed by atoms with van der Waals surface area (Å²) in [4.78, 5) is 12.8. The molecule has 4 aromatic carbocycles. The number of hydrogen-bond donors (Lipinski definition) is 2. The normalized spacial score (nSPS) is 11.6. The van der Waals surface area contributed by atoms with Gasteiger partial charge in [-0.1, -0.05) is 78.9 Å². The monoisotopic (exact) mass is 413 g/mol. The molecule has 1 atom stereocenters. The number of benzene rings is 4. The van der Waals surface area contributed by atoms with Crippen molar-refractivity contribution in [3.05, 3.63) is 108 Å². The molecule has 2 N–H and O–H groups in total. The zero-order valence-electron chi connectivity index (χ0n) is 17.1. The molecular weight excluding hydrogens is 390 g/mol. The van der Waals surface area contributed by atoms with Crippen molar-refractivity contribution in [3.8, 4) is 11.5 Å². The Balaban J connectivity index is 1.73. The predicted molar refractivity (Wildman–Crippen MR) is 120 cm³/mol. The molecule has 0 radical (unpaired) electrons. The van der Waals surface area contributed by atoms with Crippen LogP contribution in [0.4, 0.5) is 4.79 Å². The predicted octanol–water partition coefficient (Wildman–Crippen LogP) is 5.57. The molecule has 0 heterocycles. The van der Waals surface area contributed by atoms with Gasteiger partial charge >= 0.3 is 6.09 Å². The number of carbonyl (C=O) groups is 1. The molecule has 0 saturated carbocycles. The van der Waals surface area contributed by atoms with Crippen LogP contribution in [0.3, 0.4) is 0 Å². The number of alkyl carbamates (subject to hydrolysis) is 1. The minimum absolute atomic E-state index is 0.0814. The number of ether oxygens (including phenoxy) is 2. The average molecular weight is 413 g/mol. The molecule has 0 aliphatic heterocycles. The first-order valence-corrected chi connectivity index (χ1v) is 9.98. The first-order chi connectivity index (χ1) is 15.2. The Morgan fingerprint density at radius 3 is 2.42 bits per heavy atom. The summed E-state index contributed by atoms with van der Waals surface area (Å²) in [5.41, 5.74) is 2.19. The molecule has 0 fully saturated rings. The van der Waals surface area contributed by atoms with Crippen molar-refractivity contribution in [1.29, 1.82) is 0 Å². The summed E-state index contributed by atoms with van der Waals surface area (Å²) in [6.45, 7) is 0.146. The number of aromatic hydroxyl groups is 1. The number of amides is 1. The number of methoxy groups -OCH3 is 1. The molecule has 4 rings (SSSR count). The molecule has 1 unspecified atom stereocenters. The van der Waals surface area contributed by atoms with Crippen molar-refractivity contribution in [2.24, 2.45) is 0 Å². The molecule has 5 heteroatoms. The van der Waals surface area contributed by atoms with Crippen molar-refractivity contribution in [2.75, 3.05) is 7.11 Å². The Morgan fingerprint density at radius 1 is 0.903 bits per heavy atom. The van der Waals surface area contributed by atoms with E-state index in [9.17, 15) is 9.90 Å². The van der Waals surface area contributed by atoms with E-state index in [1.165, 1.54) is 0 Å². The Bertz CT molecular complexity index is 1190. The molecule has 31 heavy (non-hydrogen) atoms. The van der Waals surface area contributed by atoms with Crippen molar-refractivity contribution in [2.45, 2.75) is 12.6 Å². The zero-order valence-corrected chi connectivity index (χ0v) is 17.1. The van der Waals surface area contributed by atoms with Crippen LogP contribution >= 0.6 is 0 Å². The highest BCUT2D eigenvalue weighted by Gasteiger charge is 2.25. The minimum Gasteiger partial charge on any atom is -0.508 e. The van der Waals surface area contributed by atoms with Crippen LogP contribution in [-0.4, -0.2) is 18.3 Å². The van der Waals surface area contributed by atoms with Gasteiger partial charge in [-0.3, -0.25) is 0 Å². The smallest absolute Gasteiger partial charge is 0.408 e. The van der Waals surface area contributed by atoms with E-state index in [0.717, 1.165) is 16.3 Å². The fraction of sp³-hybridized carbons (Fsp3) is 0.115. The van der Waals surface area contributed by atoms with Crippen LogP contribution in [0.2, 0.25) is 0 Å². The van der Waals surface area contributed by atoms with Crippen LogP contribution in [-0.2, 0) is 11.3 Å². The van der Waals surface area contributed by atoms with Gasteiger partial charge in [0.2, 0.25) is 0 Å². The molecule has 156 valence electrons. The van der Waals surface area contributed by atoms with E-state index < -0.39 is 12.1 Å². The lowest BCUT2D eigenvalue weighted by atomic mass is 9.92. The van der Waals surface area contributed by atoms with E-state index in [1.807, 2.05) is 84.9 Å². The van der Waals surface area contributed by atoms with Gasteiger partial charge in [0.15, 0.2) is 0 Å². The van der Waals surface area contributed by atoms with E-state index in [0.29, 0.717) is 16.9 Å². The lowest BCUT2D eigenvalue weighted by Crippen LogP contribution is -2.30. The third-order valence-corrected chi connectivity index (χ3v) is 5.16. The molecule has 5 nitrogen and oxygen atoms in total. The van der Waals surface area contributed by atoms with Gasteiger partial charge in [-0.25, -0.2) is 4.79 Å². The summed E-state index contributed by atoms with van der Waals surface area (Å²) < 4.78 is 11.0. The highest BCUT2D eigenvalue weighted by molar-refractivity contribution is 5.89. The second-order valence-electron chi connectivity index (χ2n) is 7.10. The maximum absolute atomic E-state index is 12.8. The summed E-state index contributed by atoms with van der Waals surface area (Å²) >= 11 is 0. The summed E-state index contributed by atoms with van der Waals surface area (Å²) in [5.74, 6) is 0.682. The summed E-state index contributed by atoms with van der Waals surface area (Å²) in [7, 11) is 1.58. The fourth-order valence-corrected chi connectivity index (χ4v) is 3.68. The lowest BCUT2D eigenvalue weighted by Gasteiger charge is -2.24. The number of phenols is 1. The SMILES string of the molecule is COc1ccccc1C(NC(=O)OCc1ccccc1)c1c(O)ccc2ccccc12. The van der Waals surface area contributed by atoms with Crippen LogP contribution in [0.5, 0.6) is 11.5 Å². The molecule has 4 aromatic rings. The molecular formula is C26H23NO4. The standard InChI is InChI=1S/C26H23NO4/c1-30-23-14-8-7-13-21(23)25(27-26(29)31-17-18-9-3-2-4-10-18)24-20-12-6-5-11-19(20)15-16-22(24)28/h2-16,25,28H,17H2,1H3,(H,27,29). The van der Waals surface area contributed by atoms with Gasteiger partial charge in [-0.2, -0.15) is 0 Å². The van der Waals surface area contributed by atoms with Crippen molar-refractivity contribution in [3.63, 3.8) is 0 Å². The maximum Gasteiger partial charge on any atom is 0.408 e. The number of para-hydroxylation sites is 1. The van der Waals surface area contributed by atoms with E-state index >= 15 is 0 Å². The third-order valence-electron chi connectivity index (χ3n) is 5.16. The Labute approximate surface area is 180 Å². The van der Waals surface area contributed by atoms with Crippen LogP contribution in [0.15, 0.2) is 91.0 Å². The summed E-state index contributed by atoms with van der Waals surface area (Å²) in [5, 5.41) is 15.5. The molecule has 0 saturated heterocycles. The van der Waals surface area contributed by atoms with E-state index in [-0.39, 0.29) is 12.4 Å². The van der Waals surface area contributed by atoms with Crippen molar-refractivity contribution >= 4 is 16.9 Å². The average Bonchev–Trinajstić information content (AvgIpc) is 2.82. The Kier molecular flexibility index (Phi) is 6.03. The molecule has 0 bridgehead atoms. The van der Waals surface area contributed by atoms with Gasteiger partial charge in [0.25, 0.3) is 0 Å². The Hall–Kier alpha value is -3.99. The van der Waals surface area contributed by atoms with Crippen molar-refractivity contribution < 1.29 is 19.4 Å². The van der Waals surface area contributed by atoms with Gasteiger partial charge in [-0.05, 0) is 28.5 Å². The zero-order chi connectivity index (χ0) is 21.6. The quantitative estimate of drug-likeness (QED) is 0.434. The molecule has 1 amide bonds. The second kappa shape index (κ2) is 9.22. The van der Waals surface area contributed by atoms with E-state index in [1.54, 1.807) is 13.2 Å². The summed E-state index contributed by atoms with van der Waals surface area (Å²) in [6.07, 6.45) is -0.591. The molecule has 0 aliphatic carbocycles. The number of phenolic OH excluding ortho intramolecular Hbond substituents is 1. The minimum atomic E-state index is -0.675. The summed E-state index contributed by atoms with van der Waals surface area (Å²) in [6, 6.07) is 27.4. The highest BCUT2D eigenvalue weighted by atomic mass is 16.5. The van der Waals surface area contributed by atoms with Crippen LogP contribution in [0.1, 0.15) is 22.7 Å². The molecule has 0 aromatic heterocycles. The first-order valence-electron chi connectivity index (χ1n) is 9.98. The van der Waals surface area contributed by atoms with Gasteiger partial charge in [0, 0.05) is 11.1 Å². The van der Waals surface area contributed by atoms with Crippen molar-refractivity contribution in [1.82, 2.24) is 5.32 Å². The van der Waals surface area contributed by atoms with Crippen LogP contribution < -0.4 is 10.1 Å². The van der Waals surface area contributed by atoms with Crippen LogP contribution in [0.25, 0.3) is 10.8 Å². The number of rotatable bonds is 6. The number of fused-ring (bicyclic) bond motifs is 1. The van der Waals surface area contributed by atoms with Gasteiger partial charge < -0.3 is 19.9 Å². The van der Waals surface area contributed by atoms with E-state index in [2.05, 4.69) is 5.32 Å². The molecule has 0 spiro atoms. The lowest BCUT2D eigenvalue weighted by molar-refractivity contribution is 0.137. The third kappa shape index (κ3) is 4.46. The van der Waals surface area contributed by atoms with Crippen LogP contribution in [0, 0.1) is 0 Å². The van der Waals surface area contributed by atoms with Gasteiger partial charge in [0.05, 0.1) is 13.2 Å². The Morgan fingerprint density at radius 2 is 1.61 bits per heavy atom. The largest absolute Gasteiger partial charge is 0.508 e. The van der Waals surface area contributed by atoms with E-state index in [4.69, 9.17) is 9.47 Å². The number of hydrogen-bond acceptors (Lipinski definition) is 4. The maximum atomic E-state index is 12.8. The first kappa shape index (κ1) is 20.3. The topological polar surface area (TPSA) is 67.8 Å². The fourth-order valence-electron chi connectivity index (χ4n) is 3.68. The van der Waals surface area contributed by atoms with Gasteiger partial charge in [0.1, 0.15) is 18.1 Å². The van der Waals surface area contributed by atoms with Gasteiger partial charge in [-0.15, -0.1) is 0 Å². The number of nitrogens with one attached hydrogen (secondary N) is 1. The highest BCUT2D eigenvalue weighted by Crippen LogP contribution is 2.38. The number of carbonyl (C=O) groups excluding carboxylic acids is 1.